The van der Waals surface area contributed by atoms with Gasteiger partial charge in [-0.05, 0) is 19.8 Å². The molecule has 6 heteroatoms. The Labute approximate surface area is 109 Å². The van der Waals surface area contributed by atoms with E-state index in [0.717, 1.165) is 25.7 Å². The number of rotatable bonds is 4. The number of aromatic carboxylic acids is 1. The Hall–Kier alpha value is -1.43. The van der Waals surface area contributed by atoms with Crippen LogP contribution in [0, 0.1) is 5.92 Å². The summed E-state index contributed by atoms with van der Waals surface area (Å²) in [6.45, 7) is 1.83. The number of carboxylic acid groups (broad SMARTS) is 1. The molecule has 0 bridgehead atoms. The average molecular weight is 268 g/mol. The summed E-state index contributed by atoms with van der Waals surface area (Å²) in [4.78, 5) is 26.6. The summed E-state index contributed by atoms with van der Waals surface area (Å²) < 4.78 is 0. The summed E-state index contributed by atoms with van der Waals surface area (Å²) in [7, 11) is 0. The fraction of sp³-hybridized carbons (Fsp3) is 0.583. The van der Waals surface area contributed by atoms with E-state index in [2.05, 4.69) is 10.3 Å². The Morgan fingerprint density at radius 1 is 1.50 bits per heavy atom. The Balaban J connectivity index is 1.95. The molecule has 1 saturated carbocycles. The third-order valence-corrected chi connectivity index (χ3v) is 4.22. The van der Waals surface area contributed by atoms with Gasteiger partial charge in [-0.2, -0.15) is 0 Å². The van der Waals surface area contributed by atoms with E-state index in [0.29, 0.717) is 5.01 Å². The van der Waals surface area contributed by atoms with Crippen LogP contribution < -0.4 is 5.32 Å². The highest BCUT2D eigenvalue weighted by Gasteiger charge is 2.24. The normalized spacial score (nSPS) is 17.6. The van der Waals surface area contributed by atoms with E-state index in [1.807, 2.05) is 6.92 Å². The smallest absolute Gasteiger partial charge is 0.355 e. The van der Waals surface area contributed by atoms with E-state index >= 15 is 0 Å². The van der Waals surface area contributed by atoms with Crippen LogP contribution in [0.15, 0.2) is 5.38 Å². The van der Waals surface area contributed by atoms with Crippen LogP contribution in [0.25, 0.3) is 0 Å². The Bertz CT molecular complexity index is 452. The van der Waals surface area contributed by atoms with E-state index in [-0.39, 0.29) is 23.6 Å². The van der Waals surface area contributed by atoms with Gasteiger partial charge in [0, 0.05) is 11.3 Å². The first kappa shape index (κ1) is 13.0. The topological polar surface area (TPSA) is 79.3 Å². The van der Waals surface area contributed by atoms with Gasteiger partial charge in [0.1, 0.15) is 5.01 Å². The largest absolute Gasteiger partial charge is 0.476 e. The molecule has 1 heterocycles. The molecule has 1 aromatic rings. The van der Waals surface area contributed by atoms with Crippen LogP contribution in [0.4, 0.5) is 0 Å². The number of amides is 1. The summed E-state index contributed by atoms with van der Waals surface area (Å²) in [6, 6.07) is -0.226. The molecule has 0 radical (unpaired) electrons. The molecule has 0 spiro atoms. The number of aromatic nitrogens is 1. The minimum absolute atomic E-state index is 0.0389. The molecule has 2 rings (SSSR count). The quantitative estimate of drug-likeness (QED) is 0.877. The van der Waals surface area contributed by atoms with Gasteiger partial charge in [-0.3, -0.25) is 4.79 Å². The van der Waals surface area contributed by atoms with Crippen molar-refractivity contribution < 1.29 is 14.7 Å². The highest BCUT2D eigenvalue weighted by molar-refractivity contribution is 7.09. The number of thiazole rings is 1. The SMILES string of the molecule is CC(NC(=O)C1CCCC1)c1nc(C(=O)O)cs1. The number of carbonyl (C=O) groups excluding carboxylic acids is 1. The second-order valence-electron chi connectivity index (χ2n) is 4.59. The van der Waals surface area contributed by atoms with Crippen molar-refractivity contribution in [2.75, 3.05) is 0 Å². The lowest BCUT2D eigenvalue weighted by Crippen LogP contribution is -2.31. The van der Waals surface area contributed by atoms with Crippen LogP contribution in [0.5, 0.6) is 0 Å². The van der Waals surface area contributed by atoms with E-state index in [4.69, 9.17) is 5.11 Å². The van der Waals surface area contributed by atoms with Crippen molar-refractivity contribution in [3.8, 4) is 0 Å². The first-order chi connectivity index (χ1) is 8.58. The van der Waals surface area contributed by atoms with Crippen LogP contribution in [0.1, 0.15) is 54.1 Å². The van der Waals surface area contributed by atoms with Gasteiger partial charge in [0.05, 0.1) is 6.04 Å². The predicted molar refractivity (Wildman–Crippen MR) is 67.6 cm³/mol. The number of carbonyl (C=O) groups is 2. The van der Waals surface area contributed by atoms with Crippen molar-refractivity contribution in [1.29, 1.82) is 0 Å². The van der Waals surface area contributed by atoms with Gasteiger partial charge < -0.3 is 10.4 Å². The molecule has 1 fully saturated rings. The molecule has 18 heavy (non-hydrogen) atoms. The maximum Gasteiger partial charge on any atom is 0.355 e. The van der Waals surface area contributed by atoms with Gasteiger partial charge in [-0.25, -0.2) is 9.78 Å². The molecule has 0 aliphatic heterocycles. The summed E-state index contributed by atoms with van der Waals surface area (Å²) in [5.41, 5.74) is 0.0389. The molecule has 1 atom stereocenters. The second-order valence-corrected chi connectivity index (χ2v) is 5.48. The lowest BCUT2D eigenvalue weighted by atomic mass is 10.1. The molecular formula is C12H16N2O3S. The van der Waals surface area contributed by atoms with Crippen molar-refractivity contribution in [1.82, 2.24) is 10.3 Å². The van der Waals surface area contributed by atoms with Gasteiger partial charge in [0.25, 0.3) is 0 Å². The zero-order chi connectivity index (χ0) is 13.1. The first-order valence-corrected chi connectivity index (χ1v) is 6.95. The first-order valence-electron chi connectivity index (χ1n) is 6.07. The van der Waals surface area contributed by atoms with Crippen LogP contribution in [-0.4, -0.2) is 22.0 Å². The Morgan fingerprint density at radius 3 is 2.72 bits per heavy atom. The van der Waals surface area contributed by atoms with Crippen molar-refractivity contribution >= 4 is 23.2 Å². The molecule has 1 aromatic heterocycles. The van der Waals surface area contributed by atoms with Crippen LogP contribution in [0.2, 0.25) is 0 Å². The highest BCUT2D eigenvalue weighted by Crippen LogP contribution is 2.26. The maximum absolute atomic E-state index is 11.9. The van der Waals surface area contributed by atoms with Crippen LogP contribution in [0.3, 0.4) is 0 Å². The fourth-order valence-electron chi connectivity index (χ4n) is 2.17. The monoisotopic (exact) mass is 268 g/mol. The molecule has 1 aliphatic rings. The fourth-order valence-corrected chi connectivity index (χ4v) is 2.97. The van der Waals surface area contributed by atoms with Gasteiger partial charge in [0.2, 0.25) is 5.91 Å². The predicted octanol–water partition coefficient (Wildman–Crippen LogP) is 2.21. The molecule has 98 valence electrons. The molecule has 1 unspecified atom stereocenters. The van der Waals surface area contributed by atoms with Crippen molar-refractivity contribution in [3.63, 3.8) is 0 Å². The van der Waals surface area contributed by atoms with Crippen LogP contribution >= 0.6 is 11.3 Å². The third-order valence-electron chi connectivity index (χ3n) is 3.20. The standard InChI is InChI=1S/C12H16N2O3S/c1-7(11-14-9(6-18-11)12(16)17)13-10(15)8-4-2-3-5-8/h6-8H,2-5H2,1H3,(H,13,15)(H,16,17). The summed E-state index contributed by atoms with van der Waals surface area (Å²) in [5.74, 6) is -0.856. The summed E-state index contributed by atoms with van der Waals surface area (Å²) in [6.07, 6.45) is 4.15. The maximum atomic E-state index is 11.9. The average Bonchev–Trinajstić information content (AvgIpc) is 3.00. The number of nitrogens with zero attached hydrogens (tertiary/aromatic N) is 1. The van der Waals surface area contributed by atoms with Gasteiger partial charge in [-0.15, -0.1) is 11.3 Å². The molecule has 5 nitrogen and oxygen atoms in total. The zero-order valence-electron chi connectivity index (χ0n) is 10.2. The lowest BCUT2D eigenvalue weighted by molar-refractivity contribution is -0.125. The Kier molecular flexibility index (Phi) is 3.96. The van der Waals surface area contributed by atoms with Gasteiger partial charge in [-0.1, -0.05) is 12.8 Å². The minimum atomic E-state index is -1.04. The number of hydrogen-bond donors (Lipinski definition) is 2. The van der Waals surface area contributed by atoms with Crippen molar-refractivity contribution in [2.45, 2.75) is 38.6 Å². The Morgan fingerprint density at radius 2 is 2.17 bits per heavy atom. The number of carboxylic acids is 1. The summed E-state index contributed by atoms with van der Waals surface area (Å²) in [5, 5.41) is 13.8. The number of hydrogen-bond acceptors (Lipinski definition) is 4. The molecule has 1 amide bonds. The third kappa shape index (κ3) is 2.87. The van der Waals surface area contributed by atoms with E-state index in [1.165, 1.54) is 16.7 Å². The second kappa shape index (κ2) is 5.48. The molecule has 2 N–H and O–H groups in total. The van der Waals surface area contributed by atoms with Gasteiger partial charge in [0.15, 0.2) is 5.69 Å². The molecular weight excluding hydrogens is 252 g/mol. The van der Waals surface area contributed by atoms with Crippen molar-refractivity contribution in [3.05, 3.63) is 16.1 Å². The summed E-state index contributed by atoms with van der Waals surface area (Å²) >= 11 is 1.26. The number of nitrogens with one attached hydrogen (secondary N) is 1. The molecule has 1 aliphatic carbocycles. The van der Waals surface area contributed by atoms with E-state index < -0.39 is 5.97 Å². The molecule has 0 saturated heterocycles. The van der Waals surface area contributed by atoms with E-state index in [9.17, 15) is 9.59 Å². The van der Waals surface area contributed by atoms with Gasteiger partial charge >= 0.3 is 5.97 Å². The zero-order valence-corrected chi connectivity index (χ0v) is 11.0. The van der Waals surface area contributed by atoms with Crippen molar-refractivity contribution in [2.24, 2.45) is 5.92 Å². The van der Waals surface area contributed by atoms with E-state index in [1.54, 1.807) is 0 Å². The van der Waals surface area contributed by atoms with Crippen LogP contribution in [-0.2, 0) is 4.79 Å². The minimum Gasteiger partial charge on any atom is -0.476 e. The highest BCUT2D eigenvalue weighted by atomic mass is 32.1. The lowest BCUT2D eigenvalue weighted by Gasteiger charge is -2.14. The molecule has 0 aromatic carbocycles.